The first-order chi connectivity index (χ1) is 9.34. The SMILES string of the molecule is Cl.O=C(CCCc1cccs1)N1C2CCNCC1CC2. The minimum Gasteiger partial charge on any atom is -0.335 e. The Labute approximate surface area is 131 Å². The van der Waals surface area contributed by atoms with Crippen LogP contribution in [-0.4, -0.2) is 36.0 Å². The molecule has 2 unspecified atom stereocenters. The quantitative estimate of drug-likeness (QED) is 0.927. The van der Waals surface area contributed by atoms with Crippen molar-refractivity contribution < 1.29 is 4.79 Å². The van der Waals surface area contributed by atoms with Gasteiger partial charge in [-0.1, -0.05) is 6.07 Å². The molecule has 1 N–H and O–H groups in total. The van der Waals surface area contributed by atoms with Gasteiger partial charge in [0.05, 0.1) is 0 Å². The third-order valence-electron chi connectivity index (χ3n) is 4.34. The van der Waals surface area contributed by atoms with Crippen molar-refractivity contribution in [2.45, 2.75) is 50.6 Å². The molecule has 0 saturated carbocycles. The number of hydrogen-bond donors (Lipinski definition) is 1. The lowest BCUT2D eigenvalue weighted by molar-refractivity contribution is -0.133. The number of carbonyl (C=O) groups is 1. The van der Waals surface area contributed by atoms with Crippen molar-refractivity contribution in [3.63, 3.8) is 0 Å². The van der Waals surface area contributed by atoms with Gasteiger partial charge in [-0.25, -0.2) is 0 Å². The van der Waals surface area contributed by atoms with E-state index in [0.717, 1.165) is 32.4 Å². The van der Waals surface area contributed by atoms with E-state index in [9.17, 15) is 4.79 Å². The second-order valence-electron chi connectivity index (χ2n) is 5.61. The molecule has 3 heterocycles. The lowest BCUT2D eigenvalue weighted by Crippen LogP contribution is -2.42. The molecule has 2 atom stereocenters. The fourth-order valence-electron chi connectivity index (χ4n) is 3.39. The maximum atomic E-state index is 12.4. The molecule has 2 bridgehead atoms. The highest BCUT2D eigenvalue weighted by Crippen LogP contribution is 2.28. The summed E-state index contributed by atoms with van der Waals surface area (Å²) >= 11 is 1.79. The molecule has 2 fully saturated rings. The summed E-state index contributed by atoms with van der Waals surface area (Å²) in [5.41, 5.74) is 0. The molecule has 0 aromatic carbocycles. The van der Waals surface area contributed by atoms with E-state index < -0.39 is 0 Å². The largest absolute Gasteiger partial charge is 0.335 e. The normalized spacial score (nSPS) is 25.1. The first-order valence-corrected chi connectivity index (χ1v) is 8.27. The number of aryl methyl sites for hydroxylation is 1. The van der Waals surface area contributed by atoms with E-state index >= 15 is 0 Å². The molecule has 0 radical (unpaired) electrons. The van der Waals surface area contributed by atoms with E-state index in [2.05, 4.69) is 27.7 Å². The van der Waals surface area contributed by atoms with Crippen LogP contribution in [0.1, 0.15) is 37.0 Å². The lowest BCUT2D eigenvalue weighted by atomic mass is 10.1. The molecule has 0 spiro atoms. The highest BCUT2D eigenvalue weighted by Gasteiger charge is 2.37. The average Bonchev–Trinajstić information content (AvgIpc) is 2.96. The number of amides is 1. The Bertz CT molecular complexity index is 410. The molecule has 5 heteroatoms. The Morgan fingerprint density at radius 3 is 3.00 bits per heavy atom. The molecule has 20 heavy (non-hydrogen) atoms. The maximum absolute atomic E-state index is 12.4. The third kappa shape index (κ3) is 3.54. The molecule has 2 aliphatic rings. The van der Waals surface area contributed by atoms with Crippen molar-refractivity contribution in [2.24, 2.45) is 0 Å². The first-order valence-electron chi connectivity index (χ1n) is 7.39. The summed E-state index contributed by atoms with van der Waals surface area (Å²) in [6, 6.07) is 5.22. The Hall–Kier alpha value is -0.580. The summed E-state index contributed by atoms with van der Waals surface area (Å²) in [5.74, 6) is 0.382. The van der Waals surface area contributed by atoms with Gasteiger partial charge in [-0.15, -0.1) is 23.7 Å². The van der Waals surface area contributed by atoms with Crippen molar-refractivity contribution in [3.05, 3.63) is 22.4 Å². The van der Waals surface area contributed by atoms with Crippen molar-refractivity contribution >= 4 is 29.7 Å². The predicted octanol–water partition coefficient (Wildman–Crippen LogP) is 2.85. The molecule has 3 rings (SSSR count). The summed E-state index contributed by atoms with van der Waals surface area (Å²) < 4.78 is 0. The minimum atomic E-state index is 0. The number of nitrogens with one attached hydrogen (secondary N) is 1. The summed E-state index contributed by atoms with van der Waals surface area (Å²) in [5, 5.41) is 5.56. The minimum absolute atomic E-state index is 0. The zero-order valence-electron chi connectivity index (χ0n) is 11.7. The number of carbonyl (C=O) groups excluding carboxylic acids is 1. The smallest absolute Gasteiger partial charge is 0.223 e. The summed E-state index contributed by atoms with van der Waals surface area (Å²) in [6.07, 6.45) is 6.28. The average molecular weight is 315 g/mol. The number of hydrogen-bond acceptors (Lipinski definition) is 3. The number of thiophene rings is 1. The van der Waals surface area contributed by atoms with Gasteiger partial charge in [0.2, 0.25) is 5.91 Å². The standard InChI is InChI=1S/C15H22N2OS.ClH/c18-15(5-1-3-14-4-2-10-19-14)17-12-6-7-13(17)11-16-9-8-12;/h2,4,10,12-13,16H,1,3,5-9,11H2;1H. The van der Waals surface area contributed by atoms with Crippen LogP contribution in [0.5, 0.6) is 0 Å². The van der Waals surface area contributed by atoms with Crippen molar-refractivity contribution in [1.29, 1.82) is 0 Å². The summed E-state index contributed by atoms with van der Waals surface area (Å²) in [4.78, 5) is 16.0. The zero-order chi connectivity index (χ0) is 13.1. The molecule has 1 amide bonds. The van der Waals surface area contributed by atoms with Crippen LogP contribution in [0.15, 0.2) is 17.5 Å². The number of rotatable bonds is 4. The summed E-state index contributed by atoms with van der Waals surface area (Å²) in [6.45, 7) is 2.06. The number of fused-ring (bicyclic) bond motifs is 2. The maximum Gasteiger partial charge on any atom is 0.223 e. The van der Waals surface area contributed by atoms with Gasteiger partial charge in [0.15, 0.2) is 0 Å². The molecule has 3 nitrogen and oxygen atoms in total. The van der Waals surface area contributed by atoms with Gasteiger partial charge in [0.1, 0.15) is 0 Å². The zero-order valence-corrected chi connectivity index (χ0v) is 13.3. The van der Waals surface area contributed by atoms with Crippen LogP contribution >= 0.6 is 23.7 Å². The van der Waals surface area contributed by atoms with Gasteiger partial charge >= 0.3 is 0 Å². The second kappa shape index (κ2) is 7.43. The van der Waals surface area contributed by atoms with Gasteiger partial charge in [0, 0.05) is 29.9 Å². The monoisotopic (exact) mass is 314 g/mol. The number of nitrogens with zero attached hydrogens (tertiary/aromatic N) is 1. The van der Waals surface area contributed by atoms with Gasteiger partial charge in [-0.3, -0.25) is 4.79 Å². The second-order valence-corrected chi connectivity index (χ2v) is 6.64. The predicted molar refractivity (Wildman–Crippen MR) is 85.6 cm³/mol. The van der Waals surface area contributed by atoms with Crippen molar-refractivity contribution in [3.8, 4) is 0 Å². The van der Waals surface area contributed by atoms with Crippen LogP contribution in [0.2, 0.25) is 0 Å². The van der Waals surface area contributed by atoms with Gasteiger partial charge in [-0.2, -0.15) is 0 Å². The molecule has 2 aliphatic heterocycles. The fraction of sp³-hybridized carbons (Fsp3) is 0.667. The van der Waals surface area contributed by atoms with Crippen molar-refractivity contribution in [1.82, 2.24) is 10.2 Å². The third-order valence-corrected chi connectivity index (χ3v) is 5.27. The summed E-state index contributed by atoms with van der Waals surface area (Å²) in [7, 11) is 0. The van der Waals surface area contributed by atoms with Gasteiger partial charge in [0.25, 0.3) is 0 Å². The van der Waals surface area contributed by atoms with Crippen LogP contribution in [-0.2, 0) is 11.2 Å². The molecular formula is C15H23ClN2OS. The van der Waals surface area contributed by atoms with E-state index in [4.69, 9.17) is 0 Å². The van der Waals surface area contributed by atoms with Crippen LogP contribution < -0.4 is 5.32 Å². The fourth-order valence-corrected chi connectivity index (χ4v) is 4.14. The Morgan fingerprint density at radius 1 is 1.35 bits per heavy atom. The first kappa shape index (κ1) is 15.8. The molecule has 112 valence electrons. The van der Waals surface area contributed by atoms with E-state index in [1.54, 1.807) is 11.3 Å². The van der Waals surface area contributed by atoms with Crippen LogP contribution in [0.4, 0.5) is 0 Å². The van der Waals surface area contributed by atoms with Crippen LogP contribution in [0.25, 0.3) is 0 Å². The lowest BCUT2D eigenvalue weighted by Gasteiger charge is -2.28. The van der Waals surface area contributed by atoms with Crippen LogP contribution in [0, 0.1) is 0 Å². The van der Waals surface area contributed by atoms with E-state index in [-0.39, 0.29) is 12.4 Å². The molecule has 0 aliphatic carbocycles. The Balaban J connectivity index is 0.00000147. The van der Waals surface area contributed by atoms with E-state index in [1.165, 1.54) is 17.7 Å². The van der Waals surface area contributed by atoms with Gasteiger partial charge < -0.3 is 10.2 Å². The van der Waals surface area contributed by atoms with Crippen LogP contribution in [0.3, 0.4) is 0 Å². The highest BCUT2D eigenvalue weighted by molar-refractivity contribution is 7.09. The highest BCUT2D eigenvalue weighted by atomic mass is 35.5. The van der Waals surface area contributed by atoms with Gasteiger partial charge in [-0.05, 0) is 50.1 Å². The van der Waals surface area contributed by atoms with E-state index in [1.807, 2.05) is 0 Å². The molecule has 1 aromatic heterocycles. The van der Waals surface area contributed by atoms with E-state index in [0.29, 0.717) is 24.4 Å². The molecule has 1 aromatic rings. The molecular weight excluding hydrogens is 292 g/mol. The Morgan fingerprint density at radius 2 is 2.20 bits per heavy atom. The number of halogens is 1. The topological polar surface area (TPSA) is 32.3 Å². The van der Waals surface area contributed by atoms with Crippen molar-refractivity contribution in [2.75, 3.05) is 13.1 Å². The Kier molecular flexibility index (Phi) is 5.87. The molecule has 2 saturated heterocycles.